The number of aliphatic carboxylic acids is 1. The molecule has 0 bridgehead atoms. The van der Waals surface area contributed by atoms with Gasteiger partial charge in [-0.25, -0.2) is 9.59 Å². The van der Waals surface area contributed by atoms with Crippen LogP contribution in [0.15, 0.2) is 23.8 Å². The summed E-state index contributed by atoms with van der Waals surface area (Å²) in [7, 11) is 0. The number of aliphatic hydroxyl groups is 1. The van der Waals surface area contributed by atoms with Crippen molar-refractivity contribution in [2.24, 2.45) is 0 Å². The number of hydrogen-bond donors (Lipinski definition) is 3. The first kappa shape index (κ1) is 16.2. The van der Waals surface area contributed by atoms with Gasteiger partial charge in [-0.1, -0.05) is 18.2 Å². The maximum Gasteiger partial charge on any atom is 0.408 e. The zero-order valence-electron chi connectivity index (χ0n) is 11.9. The second-order valence-electron chi connectivity index (χ2n) is 5.68. The van der Waals surface area contributed by atoms with Gasteiger partial charge >= 0.3 is 12.1 Å². The number of nitrogens with one attached hydrogen (secondary N) is 1. The van der Waals surface area contributed by atoms with Gasteiger partial charge in [0.15, 0.2) is 0 Å². The highest BCUT2D eigenvalue weighted by atomic mass is 16.6. The van der Waals surface area contributed by atoms with Crippen LogP contribution in [0, 0.1) is 0 Å². The van der Waals surface area contributed by atoms with Crippen LogP contribution >= 0.6 is 0 Å². The van der Waals surface area contributed by atoms with Gasteiger partial charge in [-0.2, -0.15) is 0 Å². The minimum Gasteiger partial charge on any atom is -0.480 e. The number of carboxylic acids is 1. The van der Waals surface area contributed by atoms with Crippen molar-refractivity contribution in [1.82, 2.24) is 5.32 Å². The zero-order chi connectivity index (χ0) is 15.3. The van der Waals surface area contributed by atoms with Crippen molar-refractivity contribution < 1.29 is 24.5 Å². The highest BCUT2D eigenvalue weighted by Gasteiger charge is 2.24. The summed E-state index contributed by atoms with van der Waals surface area (Å²) in [6.07, 6.45) is 4.34. The molecule has 0 saturated heterocycles. The fourth-order valence-electron chi connectivity index (χ4n) is 1.69. The molecule has 1 aliphatic rings. The smallest absolute Gasteiger partial charge is 0.408 e. The van der Waals surface area contributed by atoms with Gasteiger partial charge in [-0.15, -0.1) is 0 Å². The largest absolute Gasteiger partial charge is 0.480 e. The minimum atomic E-state index is -1.13. The van der Waals surface area contributed by atoms with Crippen molar-refractivity contribution in [3.05, 3.63) is 23.8 Å². The summed E-state index contributed by atoms with van der Waals surface area (Å²) in [6, 6.07) is -1.06. The quantitative estimate of drug-likeness (QED) is 0.728. The Balaban J connectivity index is 2.60. The van der Waals surface area contributed by atoms with Crippen molar-refractivity contribution in [3.63, 3.8) is 0 Å². The van der Waals surface area contributed by atoms with Crippen molar-refractivity contribution in [2.75, 3.05) is 0 Å². The molecule has 3 N–H and O–H groups in total. The van der Waals surface area contributed by atoms with Gasteiger partial charge in [0, 0.05) is 6.42 Å². The monoisotopic (exact) mass is 283 g/mol. The molecule has 2 atom stereocenters. The summed E-state index contributed by atoms with van der Waals surface area (Å²) in [5.41, 5.74) is 0.0834. The summed E-state index contributed by atoms with van der Waals surface area (Å²) in [5.74, 6) is -1.13. The Bertz CT molecular complexity index is 433. The molecule has 0 saturated carbocycles. The molecule has 112 valence electrons. The van der Waals surface area contributed by atoms with E-state index in [1.54, 1.807) is 39.0 Å². The third kappa shape index (κ3) is 5.88. The zero-order valence-corrected chi connectivity index (χ0v) is 11.9. The Morgan fingerprint density at radius 3 is 2.60 bits per heavy atom. The van der Waals surface area contributed by atoms with E-state index >= 15 is 0 Å². The lowest BCUT2D eigenvalue weighted by Crippen LogP contribution is -2.43. The van der Waals surface area contributed by atoms with Crippen LogP contribution in [0.5, 0.6) is 0 Å². The number of ether oxygens (including phenoxy) is 1. The molecular weight excluding hydrogens is 262 g/mol. The van der Waals surface area contributed by atoms with Crippen LogP contribution < -0.4 is 5.32 Å². The second kappa shape index (κ2) is 6.56. The van der Waals surface area contributed by atoms with E-state index in [9.17, 15) is 14.7 Å². The molecule has 0 aromatic heterocycles. The van der Waals surface area contributed by atoms with Gasteiger partial charge in [0.05, 0.1) is 6.10 Å². The highest BCUT2D eigenvalue weighted by molar-refractivity contribution is 5.80. The Labute approximate surface area is 118 Å². The summed E-state index contributed by atoms with van der Waals surface area (Å²) >= 11 is 0. The van der Waals surface area contributed by atoms with E-state index in [0.717, 1.165) is 5.57 Å². The maximum atomic E-state index is 11.6. The Morgan fingerprint density at radius 1 is 1.50 bits per heavy atom. The van der Waals surface area contributed by atoms with Gasteiger partial charge in [-0.3, -0.25) is 0 Å². The number of aliphatic hydroxyl groups excluding tert-OH is 1. The van der Waals surface area contributed by atoms with Gasteiger partial charge in [0.2, 0.25) is 0 Å². The third-order valence-corrected chi connectivity index (χ3v) is 2.58. The van der Waals surface area contributed by atoms with Crippen LogP contribution in [0.4, 0.5) is 4.79 Å². The fourth-order valence-corrected chi connectivity index (χ4v) is 1.69. The molecule has 0 aromatic rings. The predicted octanol–water partition coefficient (Wildman–Crippen LogP) is 1.60. The van der Waals surface area contributed by atoms with Crippen LogP contribution in [0.1, 0.15) is 33.6 Å². The number of rotatable bonds is 4. The number of carbonyl (C=O) groups is 2. The van der Waals surface area contributed by atoms with E-state index in [0.29, 0.717) is 6.42 Å². The minimum absolute atomic E-state index is 0.151. The van der Waals surface area contributed by atoms with E-state index in [2.05, 4.69) is 5.32 Å². The predicted molar refractivity (Wildman–Crippen MR) is 73.3 cm³/mol. The first-order chi connectivity index (χ1) is 9.17. The van der Waals surface area contributed by atoms with Gasteiger partial charge in [-0.05, 0) is 32.8 Å². The van der Waals surface area contributed by atoms with E-state index in [1.807, 2.05) is 0 Å². The standard InChI is InChI=1S/C14H21NO5/c1-14(2,3)20-13(19)15-11(12(17)18)8-9-4-6-10(16)7-5-9/h4-6,10-11,16H,7-8H2,1-3H3,(H,15,19)(H,17,18)/t10?,11-/m0/s1. The fraction of sp³-hybridized carbons (Fsp3) is 0.571. The number of allylic oxidation sites excluding steroid dienone is 1. The lowest BCUT2D eigenvalue weighted by molar-refractivity contribution is -0.139. The number of alkyl carbamates (subject to hydrolysis) is 1. The van der Waals surface area contributed by atoms with Crippen LogP contribution in [-0.2, 0) is 9.53 Å². The molecule has 0 aliphatic heterocycles. The van der Waals surface area contributed by atoms with Crippen molar-refractivity contribution >= 4 is 12.1 Å². The third-order valence-electron chi connectivity index (χ3n) is 2.58. The van der Waals surface area contributed by atoms with E-state index in [4.69, 9.17) is 9.84 Å². The van der Waals surface area contributed by atoms with Crippen molar-refractivity contribution in [3.8, 4) is 0 Å². The first-order valence-electron chi connectivity index (χ1n) is 6.45. The summed E-state index contributed by atoms with van der Waals surface area (Å²) < 4.78 is 5.03. The average molecular weight is 283 g/mol. The average Bonchev–Trinajstić information content (AvgIpc) is 2.28. The second-order valence-corrected chi connectivity index (χ2v) is 5.68. The number of carbonyl (C=O) groups excluding carboxylic acids is 1. The maximum absolute atomic E-state index is 11.6. The van der Waals surface area contributed by atoms with Crippen LogP contribution in [0.3, 0.4) is 0 Å². The molecule has 1 unspecified atom stereocenters. The summed E-state index contributed by atoms with van der Waals surface area (Å²) in [4.78, 5) is 22.8. The number of amides is 1. The van der Waals surface area contributed by atoms with E-state index in [1.165, 1.54) is 0 Å². The number of hydrogen-bond acceptors (Lipinski definition) is 4. The topological polar surface area (TPSA) is 95.9 Å². The molecular formula is C14H21NO5. The molecule has 0 radical (unpaired) electrons. The van der Waals surface area contributed by atoms with Crippen LogP contribution in [0.2, 0.25) is 0 Å². The molecule has 6 nitrogen and oxygen atoms in total. The first-order valence-corrected chi connectivity index (χ1v) is 6.45. The molecule has 0 spiro atoms. The van der Waals surface area contributed by atoms with Gasteiger partial charge in [0.1, 0.15) is 11.6 Å². The lowest BCUT2D eigenvalue weighted by Gasteiger charge is -2.22. The Morgan fingerprint density at radius 2 is 2.15 bits per heavy atom. The molecule has 0 aromatic carbocycles. The van der Waals surface area contributed by atoms with E-state index in [-0.39, 0.29) is 6.42 Å². The van der Waals surface area contributed by atoms with Gasteiger partial charge < -0.3 is 20.3 Å². The van der Waals surface area contributed by atoms with Crippen LogP contribution in [-0.4, -0.2) is 40.0 Å². The van der Waals surface area contributed by atoms with E-state index < -0.39 is 29.8 Å². The molecule has 1 rings (SSSR count). The number of carboxylic acid groups (broad SMARTS) is 1. The molecule has 0 fully saturated rings. The molecule has 0 heterocycles. The van der Waals surface area contributed by atoms with Crippen LogP contribution in [0.25, 0.3) is 0 Å². The normalized spacial score (nSPS) is 20.0. The Kier molecular flexibility index (Phi) is 5.33. The van der Waals surface area contributed by atoms with Crippen molar-refractivity contribution in [2.45, 2.75) is 51.4 Å². The molecule has 1 aliphatic carbocycles. The highest BCUT2D eigenvalue weighted by Crippen LogP contribution is 2.16. The molecule has 20 heavy (non-hydrogen) atoms. The lowest BCUT2D eigenvalue weighted by atomic mass is 9.99. The summed E-state index contributed by atoms with van der Waals surface area (Å²) in [6.45, 7) is 5.11. The van der Waals surface area contributed by atoms with Gasteiger partial charge in [0.25, 0.3) is 0 Å². The van der Waals surface area contributed by atoms with Crippen molar-refractivity contribution in [1.29, 1.82) is 0 Å². The SMILES string of the molecule is CC(C)(C)OC(=O)N[C@@H](CC1=CCC(O)C=C1)C(=O)O. The molecule has 1 amide bonds. The Hall–Kier alpha value is -1.82. The summed E-state index contributed by atoms with van der Waals surface area (Å²) in [5, 5.41) is 20.8. The molecule has 6 heteroatoms.